The SMILES string of the molecule is Clc1cccc2cnc[c]c12. The molecular weight excluding hydrogens is 158 g/mol. The summed E-state index contributed by atoms with van der Waals surface area (Å²) < 4.78 is 0. The molecule has 2 rings (SSSR count). The predicted octanol–water partition coefficient (Wildman–Crippen LogP) is 2.69. The molecule has 0 spiro atoms. The van der Waals surface area contributed by atoms with E-state index in [2.05, 4.69) is 11.1 Å². The summed E-state index contributed by atoms with van der Waals surface area (Å²) in [6, 6.07) is 8.69. The first kappa shape index (κ1) is 6.62. The van der Waals surface area contributed by atoms with Gasteiger partial charge in [0.1, 0.15) is 0 Å². The molecular formula is C9H5ClN. The van der Waals surface area contributed by atoms with Crippen molar-refractivity contribution in [3.8, 4) is 0 Å². The summed E-state index contributed by atoms with van der Waals surface area (Å²) in [6.45, 7) is 0. The third kappa shape index (κ3) is 1.08. The molecule has 11 heavy (non-hydrogen) atoms. The predicted molar refractivity (Wildman–Crippen MR) is 45.6 cm³/mol. The summed E-state index contributed by atoms with van der Waals surface area (Å²) >= 11 is 5.90. The lowest BCUT2D eigenvalue weighted by Crippen LogP contribution is -1.75. The van der Waals surface area contributed by atoms with E-state index < -0.39 is 0 Å². The molecule has 0 fully saturated rings. The van der Waals surface area contributed by atoms with Crippen molar-refractivity contribution in [2.24, 2.45) is 0 Å². The highest BCUT2D eigenvalue weighted by molar-refractivity contribution is 6.35. The third-order valence-electron chi connectivity index (χ3n) is 1.54. The highest BCUT2D eigenvalue weighted by Gasteiger charge is 1.95. The molecule has 0 atom stereocenters. The second-order valence-corrected chi connectivity index (χ2v) is 2.66. The van der Waals surface area contributed by atoms with Gasteiger partial charge in [-0.25, -0.2) is 0 Å². The summed E-state index contributed by atoms with van der Waals surface area (Å²) in [5.74, 6) is 0. The lowest BCUT2D eigenvalue weighted by molar-refractivity contribution is 1.36. The van der Waals surface area contributed by atoms with E-state index in [4.69, 9.17) is 11.6 Å². The zero-order valence-corrected chi connectivity index (χ0v) is 6.47. The van der Waals surface area contributed by atoms with Crippen molar-refractivity contribution in [3.63, 3.8) is 0 Å². The number of hydrogen-bond acceptors (Lipinski definition) is 1. The van der Waals surface area contributed by atoms with Crippen LogP contribution in [0.15, 0.2) is 30.6 Å². The Balaban J connectivity index is 2.91. The van der Waals surface area contributed by atoms with Gasteiger partial charge in [-0.3, -0.25) is 4.98 Å². The zero-order chi connectivity index (χ0) is 7.68. The second-order valence-electron chi connectivity index (χ2n) is 2.26. The van der Waals surface area contributed by atoms with Gasteiger partial charge in [0.05, 0.1) is 0 Å². The molecule has 1 radical (unpaired) electrons. The van der Waals surface area contributed by atoms with Crippen LogP contribution in [0.3, 0.4) is 0 Å². The van der Waals surface area contributed by atoms with Crippen LogP contribution >= 0.6 is 11.6 Å². The van der Waals surface area contributed by atoms with E-state index in [-0.39, 0.29) is 0 Å². The molecule has 0 bridgehead atoms. The molecule has 2 heteroatoms. The van der Waals surface area contributed by atoms with Crippen molar-refractivity contribution >= 4 is 22.4 Å². The number of benzene rings is 1. The number of fused-ring (bicyclic) bond motifs is 1. The van der Waals surface area contributed by atoms with Crippen LogP contribution in [0.2, 0.25) is 5.02 Å². The maximum absolute atomic E-state index is 5.90. The minimum absolute atomic E-state index is 0.727. The lowest BCUT2D eigenvalue weighted by atomic mass is 10.2. The molecule has 0 unspecified atom stereocenters. The van der Waals surface area contributed by atoms with E-state index in [1.165, 1.54) is 0 Å². The van der Waals surface area contributed by atoms with Crippen LogP contribution in [0, 0.1) is 6.07 Å². The summed E-state index contributed by atoms with van der Waals surface area (Å²) in [6.07, 6.45) is 3.39. The maximum atomic E-state index is 5.90. The Bertz CT molecular complexity index is 379. The van der Waals surface area contributed by atoms with Crippen molar-refractivity contribution in [1.82, 2.24) is 4.98 Å². The molecule has 53 valence electrons. The van der Waals surface area contributed by atoms with Gasteiger partial charge >= 0.3 is 0 Å². The molecule has 0 saturated heterocycles. The van der Waals surface area contributed by atoms with Gasteiger partial charge in [-0.2, -0.15) is 0 Å². The molecule has 2 aromatic rings. The average molecular weight is 163 g/mol. The number of hydrogen-bond donors (Lipinski definition) is 0. The summed E-state index contributed by atoms with van der Waals surface area (Å²) in [5.41, 5.74) is 0. The van der Waals surface area contributed by atoms with Gasteiger partial charge in [-0.1, -0.05) is 23.7 Å². The fourth-order valence-corrected chi connectivity index (χ4v) is 1.26. The van der Waals surface area contributed by atoms with Crippen molar-refractivity contribution in [1.29, 1.82) is 0 Å². The van der Waals surface area contributed by atoms with E-state index in [0.717, 1.165) is 15.8 Å². The highest BCUT2D eigenvalue weighted by atomic mass is 35.5. The molecule has 0 saturated carbocycles. The van der Waals surface area contributed by atoms with Gasteiger partial charge in [0, 0.05) is 34.3 Å². The largest absolute Gasteiger partial charge is 0.263 e. The Morgan fingerprint density at radius 3 is 3.09 bits per heavy atom. The monoisotopic (exact) mass is 162 g/mol. The molecule has 0 aliphatic carbocycles. The van der Waals surface area contributed by atoms with Crippen LogP contribution < -0.4 is 0 Å². The number of rotatable bonds is 0. The Kier molecular flexibility index (Phi) is 1.51. The Morgan fingerprint density at radius 1 is 1.36 bits per heavy atom. The summed E-state index contributed by atoms with van der Waals surface area (Å²) in [4.78, 5) is 3.94. The van der Waals surface area contributed by atoms with E-state index in [0.29, 0.717) is 0 Å². The van der Waals surface area contributed by atoms with Crippen LogP contribution in [-0.2, 0) is 0 Å². The Morgan fingerprint density at radius 2 is 2.27 bits per heavy atom. The van der Waals surface area contributed by atoms with Gasteiger partial charge in [-0.15, -0.1) is 0 Å². The van der Waals surface area contributed by atoms with E-state index in [9.17, 15) is 0 Å². The lowest BCUT2D eigenvalue weighted by Gasteiger charge is -1.95. The van der Waals surface area contributed by atoms with Crippen molar-refractivity contribution in [2.75, 3.05) is 0 Å². The Hall–Kier alpha value is -1.08. The molecule has 0 aliphatic rings. The van der Waals surface area contributed by atoms with Crippen molar-refractivity contribution in [2.45, 2.75) is 0 Å². The third-order valence-corrected chi connectivity index (χ3v) is 1.86. The van der Waals surface area contributed by atoms with Crippen LogP contribution in [0.25, 0.3) is 10.8 Å². The van der Waals surface area contributed by atoms with Gasteiger partial charge in [0.15, 0.2) is 0 Å². The zero-order valence-electron chi connectivity index (χ0n) is 5.71. The number of halogens is 1. The van der Waals surface area contributed by atoms with Gasteiger partial charge in [0.25, 0.3) is 0 Å². The fraction of sp³-hybridized carbons (Fsp3) is 0. The second kappa shape index (κ2) is 2.51. The first-order valence-electron chi connectivity index (χ1n) is 3.28. The van der Waals surface area contributed by atoms with Crippen molar-refractivity contribution < 1.29 is 0 Å². The van der Waals surface area contributed by atoms with Gasteiger partial charge in [-0.05, 0) is 6.07 Å². The first-order chi connectivity index (χ1) is 5.38. The summed E-state index contributed by atoms with van der Waals surface area (Å²) in [5, 5.41) is 2.69. The number of pyridine rings is 1. The minimum atomic E-state index is 0.727. The smallest absolute Gasteiger partial charge is 0.0491 e. The van der Waals surface area contributed by atoms with Gasteiger partial charge in [0.2, 0.25) is 0 Å². The van der Waals surface area contributed by atoms with Crippen molar-refractivity contribution in [3.05, 3.63) is 41.7 Å². The van der Waals surface area contributed by atoms with E-state index in [1.54, 1.807) is 12.4 Å². The van der Waals surface area contributed by atoms with Crippen LogP contribution in [0.1, 0.15) is 0 Å². The van der Waals surface area contributed by atoms with Crippen LogP contribution in [0.4, 0.5) is 0 Å². The molecule has 1 heterocycles. The quantitative estimate of drug-likeness (QED) is 0.581. The number of nitrogens with zero attached hydrogens (tertiary/aromatic N) is 1. The van der Waals surface area contributed by atoms with E-state index >= 15 is 0 Å². The van der Waals surface area contributed by atoms with Crippen LogP contribution in [0.5, 0.6) is 0 Å². The standard InChI is InChI=1S/C9H5ClN/c10-9-3-1-2-7-6-11-5-4-8(7)9/h1-3,5-6H. The van der Waals surface area contributed by atoms with E-state index in [1.807, 2.05) is 18.2 Å². The topological polar surface area (TPSA) is 12.9 Å². The Labute approximate surface area is 69.6 Å². The average Bonchev–Trinajstić information content (AvgIpc) is 2.06. The number of aromatic nitrogens is 1. The highest BCUT2D eigenvalue weighted by Crippen LogP contribution is 2.20. The molecule has 0 aliphatic heterocycles. The molecule has 1 nitrogen and oxygen atoms in total. The minimum Gasteiger partial charge on any atom is -0.263 e. The fourth-order valence-electron chi connectivity index (χ4n) is 1.02. The van der Waals surface area contributed by atoms with Crippen LogP contribution in [-0.4, -0.2) is 4.98 Å². The molecule has 1 aromatic carbocycles. The molecule has 0 N–H and O–H groups in total. The van der Waals surface area contributed by atoms with Gasteiger partial charge < -0.3 is 0 Å². The molecule has 0 amide bonds. The first-order valence-corrected chi connectivity index (χ1v) is 3.65. The normalized spacial score (nSPS) is 10.3. The molecule has 1 aromatic heterocycles. The maximum Gasteiger partial charge on any atom is 0.0491 e. The summed E-state index contributed by atoms with van der Waals surface area (Å²) in [7, 11) is 0.